The van der Waals surface area contributed by atoms with Crippen molar-refractivity contribution in [3.05, 3.63) is 93.5 Å². The van der Waals surface area contributed by atoms with Crippen LogP contribution in [0.15, 0.2) is 54.6 Å². The molecule has 0 unspecified atom stereocenters. The zero-order valence-corrected chi connectivity index (χ0v) is 21.4. The second-order valence-electron chi connectivity index (χ2n) is 10.7. The molecule has 0 N–H and O–H groups in total. The highest BCUT2D eigenvalue weighted by Crippen LogP contribution is 2.54. The van der Waals surface area contributed by atoms with Crippen molar-refractivity contribution >= 4 is 17.5 Å². The van der Waals surface area contributed by atoms with Crippen LogP contribution in [-0.4, -0.2) is 17.4 Å². The molecule has 0 aliphatic carbocycles. The predicted octanol–water partition coefficient (Wildman–Crippen LogP) is 6.66. The first-order chi connectivity index (χ1) is 16.6. The molecule has 3 aromatic rings. The molecule has 0 aromatic heterocycles. The molecule has 35 heavy (non-hydrogen) atoms. The smallest absolute Gasteiger partial charge is 0.234 e. The molecule has 2 heterocycles. The zero-order chi connectivity index (χ0) is 25.1. The minimum absolute atomic E-state index is 0.00297. The number of amides is 2. The van der Waals surface area contributed by atoms with E-state index < -0.39 is 5.60 Å². The van der Waals surface area contributed by atoms with Crippen molar-refractivity contribution in [3.8, 4) is 5.75 Å². The quantitative estimate of drug-likeness (QED) is 0.405. The number of carbonyl (C=O) groups is 2. The average Bonchev–Trinajstić information content (AvgIpc) is 3.11. The largest absolute Gasteiger partial charge is 0.486 e. The first-order valence-corrected chi connectivity index (χ1v) is 12.4. The highest BCUT2D eigenvalue weighted by molar-refractivity contribution is 6.18. The predicted molar refractivity (Wildman–Crippen MR) is 139 cm³/mol. The Morgan fingerprint density at radius 1 is 0.771 bits per heavy atom. The summed E-state index contributed by atoms with van der Waals surface area (Å²) in [6, 6.07) is 18.5. The maximum Gasteiger partial charge on any atom is 0.234 e. The van der Waals surface area contributed by atoms with E-state index in [9.17, 15) is 9.59 Å². The van der Waals surface area contributed by atoms with E-state index in [-0.39, 0.29) is 23.7 Å². The van der Waals surface area contributed by atoms with E-state index >= 15 is 0 Å². The standard InChI is InChI=1S/C31H33NO3/c1-18-12-14-23(15-13-18)28-27-21(4)29(19(2)20(3)30(27)35-31(28,5)6)32-25(33)16-24(17-26(32)34)22-10-8-7-9-11-22/h7-15,24,28H,16-17H2,1-6H3/t28-/m1/s1. The van der Waals surface area contributed by atoms with E-state index in [0.29, 0.717) is 12.8 Å². The van der Waals surface area contributed by atoms with E-state index in [1.54, 1.807) is 0 Å². The maximum atomic E-state index is 13.5. The number of fused-ring (bicyclic) bond motifs is 1. The van der Waals surface area contributed by atoms with E-state index in [2.05, 4.69) is 45.0 Å². The Kier molecular flexibility index (Phi) is 5.58. The maximum absolute atomic E-state index is 13.5. The minimum atomic E-state index is -0.452. The van der Waals surface area contributed by atoms with Gasteiger partial charge >= 0.3 is 0 Å². The normalized spacial score (nSPS) is 19.6. The van der Waals surface area contributed by atoms with E-state index in [1.807, 2.05) is 51.1 Å². The molecule has 2 aliphatic rings. The molecule has 5 rings (SSSR count). The monoisotopic (exact) mass is 467 g/mol. The molecule has 4 heteroatoms. The van der Waals surface area contributed by atoms with Crippen LogP contribution in [0.2, 0.25) is 0 Å². The Bertz CT molecular complexity index is 1300. The van der Waals surface area contributed by atoms with Crippen molar-refractivity contribution < 1.29 is 14.3 Å². The number of nitrogens with zero attached hydrogens (tertiary/aromatic N) is 1. The molecule has 0 bridgehead atoms. The lowest BCUT2D eigenvalue weighted by Gasteiger charge is -2.33. The van der Waals surface area contributed by atoms with E-state index in [1.165, 1.54) is 16.0 Å². The molecule has 1 atom stereocenters. The van der Waals surface area contributed by atoms with Crippen LogP contribution < -0.4 is 9.64 Å². The van der Waals surface area contributed by atoms with Gasteiger partial charge in [-0.3, -0.25) is 9.59 Å². The highest BCUT2D eigenvalue weighted by atomic mass is 16.5. The lowest BCUT2D eigenvalue weighted by Crippen LogP contribution is -2.43. The summed E-state index contributed by atoms with van der Waals surface area (Å²) < 4.78 is 6.57. The van der Waals surface area contributed by atoms with Gasteiger partial charge in [-0.15, -0.1) is 0 Å². The Hall–Kier alpha value is -3.40. The van der Waals surface area contributed by atoms with Crippen molar-refractivity contribution in [2.75, 3.05) is 4.90 Å². The molecule has 2 amide bonds. The summed E-state index contributed by atoms with van der Waals surface area (Å²) in [7, 11) is 0. The van der Waals surface area contributed by atoms with Crippen molar-refractivity contribution in [1.82, 2.24) is 0 Å². The van der Waals surface area contributed by atoms with Gasteiger partial charge in [0.05, 0.1) is 11.6 Å². The Morgan fingerprint density at radius 2 is 1.37 bits per heavy atom. The van der Waals surface area contributed by atoms with Gasteiger partial charge in [-0.05, 0) is 69.4 Å². The molecule has 2 aliphatic heterocycles. The molecule has 0 saturated carbocycles. The third-order valence-corrected chi connectivity index (χ3v) is 7.86. The number of hydrogen-bond donors (Lipinski definition) is 0. The fourth-order valence-corrected chi connectivity index (χ4v) is 5.97. The van der Waals surface area contributed by atoms with Crippen molar-refractivity contribution in [2.24, 2.45) is 0 Å². The van der Waals surface area contributed by atoms with Gasteiger partial charge in [0.15, 0.2) is 0 Å². The lowest BCUT2D eigenvalue weighted by molar-refractivity contribution is -0.129. The third-order valence-electron chi connectivity index (χ3n) is 7.86. The molecule has 1 saturated heterocycles. The molecule has 3 aromatic carbocycles. The molecule has 1 fully saturated rings. The van der Waals surface area contributed by atoms with Crippen LogP contribution in [0.3, 0.4) is 0 Å². The van der Waals surface area contributed by atoms with Crippen LogP contribution in [0.25, 0.3) is 0 Å². The zero-order valence-electron chi connectivity index (χ0n) is 21.4. The number of rotatable bonds is 3. The van der Waals surface area contributed by atoms with Crippen molar-refractivity contribution in [2.45, 2.75) is 71.8 Å². The average molecular weight is 468 g/mol. The Balaban J connectivity index is 1.61. The summed E-state index contributed by atoms with van der Waals surface area (Å²) >= 11 is 0. The van der Waals surface area contributed by atoms with Crippen LogP contribution in [0.4, 0.5) is 5.69 Å². The second-order valence-corrected chi connectivity index (χ2v) is 10.7. The SMILES string of the molecule is Cc1ccc([C@@H]2c3c(C)c(N4C(=O)CC(c5ccccc5)CC4=O)c(C)c(C)c3OC2(C)C)cc1. The fraction of sp³-hybridized carbons (Fsp3) is 0.355. The summed E-state index contributed by atoms with van der Waals surface area (Å²) in [5, 5.41) is 0. The van der Waals surface area contributed by atoms with Gasteiger partial charge in [0.1, 0.15) is 11.4 Å². The summed E-state index contributed by atoms with van der Waals surface area (Å²) in [6.07, 6.45) is 0.655. The molecule has 4 nitrogen and oxygen atoms in total. The molecule has 0 spiro atoms. The van der Waals surface area contributed by atoms with Gasteiger partial charge in [0.2, 0.25) is 11.8 Å². The topological polar surface area (TPSA) is 46.6 Å². The van der Waals surface area contributed by atoms with Crippen molar-refractivity contribution in [3.63, 3.8) is 0 Å². The summed E-state index contributed by atoms with van der Waals surface area (Å²) in [5.41, 5.74) is 7.69. The molecular formula is C31H33NO3. The van der Waals surface area contributed by atoms with Gasteiger partial charge in [-0.1, -0.05) is 60.2 Å². The molecule has 180 valence electrons. The summed E-state index contributed by atoms with van der Waals surface area (Å²) in [5.74, 6) is 0.546. The van der Waals surface area contributed by atoms with E-state index in [4.69, 9.17) is 4.74 Å². The highest BCUT2D eigenvalue weighted by Gasteiger charge is 2.46. The van der Waals surface area contributed by atoms with Gasteiger partial charge in [0, 0.05) is 24.3 Å². The van der Waals surface area contributed by atoms with Crippen molar-refractivity contribution in [1.29, 1.82) is 0 Å². The molecule has 0 radical (unpaired) electrons. The summed E-state index contributed by atoms with van der Waals surface area (Å²) in [6.45, 7) is 12.4. The number of imide groups is 1. The number of carbonyl (C=O) groups excluding carboxylic acids is 2. The van der Waals surface area contributed by atoms with Crippen LogP contribution in [0.5, 0.6) is 5.75 Å². The van der Waals surface area contributed by atoms with Gasteiger partial charge in [0.25, 0.3) is 0 Å². The van der Waals surface area contributed by atoms with Crippen LogP contribution in [0.1, 0.15) is 77.5 Å². The Labute approximate surface area is 207 Å². The first-order valence-electron chi connectivity index (χ1n) is 12.4. The van der Waals surface area contributed by atoms with Gasteiger partial charge < -0.3 is 4.74 Å². The number of ether oxygens (including phenoxy) is 1. The minimum Gasteiger partial charge on any atom is -0.486 e. The van der Waals surface area contributed by atoms with E-state index in [0.717, 1.165) is 39.3 Å². The van der Waals surface area contributed by atoms with Gasteiger partial charge in [-0.25, -0.2) is 4.90 Å². The number of anilines is 1. The first kappa shape index (κ1) is 23.3. The summed E-state index contributed by atoms with van der Waals surface area (Å²) in [4.78, 5) is 28.4. The van der Waals surface area contributed by atoms with Crippen LogP contribution in [-0.2, 0) is 9.59 Å². The van der Waals surface area contributed by atoms with Gasteiger partial charge in [-0.2, -0.15) is 0 Å². The number of piperidine rings is 1. The number of aryl methyl sites for hydroxylation is 1. The number of benzene rings is 3. The van der Waals surface area contributed by atoms with Crippen LogP contribution in [0, 0.1) is 27.7 Å². The van der Waals surface area contributed by atoms with Crippen LogP contribution >= 0.6 is 0 Å². The second kappa shape index (κ2) is 8.37. The molecular weight excluding hydrogens is 434 g/mol. The number of hydrogen-bond acceptors (Lipinski definition) is 3. The lowest BCUT2D eigenvalue weighted by atomic mass is 9.78. The fourth-order valence-electron chi connectivity index (χ4n) is 5.97. The Morgan fingerprint density at radius 3 is 1.97 bits per heavy atom. The third kappa shape index (κ3) is 3.76.